The number of fused-ring (bicyclic) bond motifs is 9. The Morgan fingerprint density at radius 1 is 0.269 bits per heavy atom. The van der Waals surface area contributed by atoms with Crippen LogP contribution in [0.3, 0.4) is 0 Å². The Morgan fingerprint density at radius 3 is 1.25 bits per heavy atom. The summed E-state index contributed by atoms with van der Waals surface area (Å²) in [5.74, 6) is 0. The van der Waals surface area contributed by atoms with Crippen molar-refractivity contribution in [1.29, 1.82) is 0 Å². The van der Waals surface area contributed by atoms with Crippen LogP contribution in [-0.4, -0.2) is 11.9 Å². The summed E-state index contributed by atoms with van der Waals surface area (Å²) >= 11 is 2.44. The molecule has 0 radical (unpaired) electrons. The van der Waals surface area contributed by atoms with E-state index in [1.165, 1.54) is 93.4 Å². The zero-order valence-electron chi connectivity index (χ0n) is 28.0. The minimum atomic E-state index is 1.16. The summed E-state index contributed by atoms with van der Waals surface area (Å²) in [5.41, 5.74) is 14.5. The second kappa shape index (κ2) is 11.5. The fraction of sp³-hybridized carbons (Fsp3) is 0. The van der Waals surface area contributed by atoms with Crippen molar-refractivity contribution in [1.82, 2.24) is 11.9 Å². The molecule has 0 aliphatic heterocycles. The second-order valence-electron chi connectivity index (χ2n) is 13.6. The highest BCUT2D eigenvalue weighted by atomic mass is 127. The monoisotopic (exact) mass is 775 g/mol. The number of para-hydroxylation sites is 4. The second-order valence-corrected chi connectivity index (χ2v) is 14.5. The van der Waals surface area contributed by atoms with Gasteiger partial charge in [0.05, 0.1) is 56.0 Å². The van der Waals surface area contributed by atoms with Crippen molar-refractivity contribution >= 4 is 88.3 Å². The summed E-state index contributed by atoms with van der Waals surface area (Å²) in [6.07, 6.45) is 0. The molecule has 0 N–H and O–H groups in total. The van der Waals surface area contributed by atoms with Gasteiger partial charge in [0.2, 0.25) is 0 Å². The Morgan fingerprint density at radius 2 is 0.654 bits per heavy atom. The van der Waals surface area contributed by atoms with E-state index in [1.807, 2.05) is 0 Å². The molecular weight excluding hydrogens is 745 g/mol. The van der Waals surface area contributed by atoms with Gasteiger partial charge in [-0.25, -0.2) is 0 Å². The van der Waals surface area contributed by atoms with Crippen LogP contribution in [0.4, 0.5) is 0 Å². The zero-order valence-corrected chi connectivity index (χ0v) is 30.2. The summed E-state index contributed by atoms with van der Waals surface area (Å²) in [5, 5.41) is 7.58. The van der Waals surface area contributed by atoms with Crippen molar-refractivity contribution in [2.45, 2.75) is 0 Å². The van der Waals surface area contributed by atoms with E-state index in [0.717, 1.165) is 5.69 Å². The topological polar surface area (TPSA) is 14.8 Å². The molecule has 0 bridgehead atoms. The molecule has 0 spiro atoms. The number of hydrogen-bond acceptors (Lipinski definition) is 0. The van der Waals surface area contributed by atoms with Gasteiger partial charge < -0.3 is 9.13 Å². The highest BCUT2D eigenvalue weighted by molar-refractivity contribution is 14.1. The van der Waals surface area contributed by atoms with Crippen LogP contribution in [0.1, 0.15) is 0 Å². The van der Waals surface area contributed by atoms with Crippen LogP contribution < -0.4 is 0 Å². The normalized spacial score (nSPS) is 11.9. The Hall–Kier alpha value is -6.11. The van der Waals surface area contributed by atoms with Gasteiger partial charge in [-0.3, -0.25) is 2.78 Å². The molecule has 0 aliphatic rings. The quantitative estimate of drug-likeness (QED) is 0.158. The first-order valence-electron chi connectivity index (χ1n) is 17.6. The minimum absolute atomic E-state index is 1.16. The lowest BCUT2D eigenvalue weighted by atomic mass is 9.99. The van der Waals surface area contributed by atoms with E-state index < -0.39 is 0 Å². The molecule has 52 heavy (non-hydrogen) atoms. The molecule has 4 heteroatoms. The Kier molecular flexibility index (Phi) is 6.52. The summed E-state index contributed by atoms with van der Waals surface area (Å²) in [6, 6.07) is 66.5. The molecule has 11 aromatic rings. The summed E-state index contributed by atoms with van der Waals surface area (Å²) < 4.78 is 7.08. The standard InChI is InChI=1S/C48H30IN3/c49-52-46-18-10-8-15-37(46)39-23-19-34(30-48(39)52)33-20-24-40-42-28-32(22-26-45(42)51(47(40)29-33)36-13-5-2-6-14-36)31-21-25-44-41(27-31)38-16-7-9-17-43(38)50(44)35-11-3-1-4-12-35/h1-30H. The maximum Gasteiger partial charge on any atom is 0.0646 e. The van der Waals surface area contributed by atoms with Crippen LogP contribution >= 0.6 is 22.9 Å². The predicted octanol–water partition coefficient (Wildman–Crippen LogP) is 13.5. The lowest BCUT2D eigenvalue weighted by Gasteiger charge is -2.10. The average Bonchev–Trinajstić information content (AvgIpc) is 3.82. The highest BCUT2D eigenvalue weighted by Crippen LogP contribution is 2.40. The number of nitrogens with zero attached hydrogens (tertiary/aromatic N) is 3. The maximum absolute atomic E-state index is 2.44. The third kappa shape index (κ3) is 4.37. The Balaban J connectivity index is 1.10. The van der Waals surface area contributed by atoms with Crippen molar-refractivity contribution < 1.29 is 0 Å². The first-order chi connectivity index (χ1) is 25.7. The molecule has 0 unspecified atom stereocenters. The van der Waals surface area contributed by atoms with Gasteiger partial charge in [0.15, 0.2) is 0 Å². The van der Waals surface area contributed by atoms with E-state index in [-0.39, 0.29) is 0 Å². The summed E-state index contributed by atoms with van der Waals surface area (Å²) in [7, 11) is 0. The van der Waals surface area contributed by atoms with Crippen LogP contribution in [0.25, 0.3) is 99.0 Å². The third-order valence-electron chi connectivity index (χ3n) is 10.7. The predicted molar refractivity (Wildman–Crippen MR) is 228 cm³/mol. The van der Waals surface area contributed by atoms with Gasteiger partial charge in [-0.15, -0.1) is 0 Å². The van der Waals surface area contributed by atoms with E-state index in [1.54, 1.807) is 0 Å². The fourth-order valence-electron chi connectivity index (χ4n) is 8.35. The molecule has 0 aliphatic carbocycles. The molecule has 0 atom stereocenters. The van der Waals surface area contributed by atoms with Gasteiger partial charge in [0.1, 0.15) is 0 Å². The van der Waals surface area contributed by atoms with E-state index >= 15 is 0 Å². The van der Waals surface area contributed by atoms with Crippen molar-refractivity contribution in [2.75, 3.05) is 0 Å². The van der Waals surface area contributed by atoms with Crippen LogP contribution in [0.15, 0.2) is 182 Å². The first-order valence-corrected chi connectivity index (χ1v) is 18.6. The minimum Gasteiger partial charge on any atom is -0.309 e. The molecule has 0 amide bonds. The maximum atomic E-state index is 2.44. The molecule has 244 valence electrons. The van der Waals surface area contributed by atoms with Crippen molar-refractivity contribution in [3.8, 4) is 33.6 Å². The third-order valence-corrected chi connectivity index (χ3v) is 11.8. The number of benzene rings is 8. The lowest BCUT2D eigenvalue weighted by Crippen LogP contribution is -1.93. The molecule has 3 aromatic heterocycles. The van der Waals surface area contributed by atoms with E-state index in [9.17, 15) is 0 Å². The molecule has 0 saturated carbocycles. The van der Waals surface area contributed by atoms with Gasteiger partial charge in [-0.1, -0.05) is 109 Å². The number of hydrogen-bond donors (Lipinski definition) is 0. The number of halogens is 1. The molecule has 11 rings (SSSR count). The van der Waals surface area contributed by atoms with Gasteiger partial charge in [0, 0.05) is 43.7 Å². The van der Waals surface area contributed by atoms with E-state index in [0.29, 0.717) is 0 Å². The number of rotatable bonds is 4. The summed E-state index contributed by atoms with van der Waals surface area (Å²) in [6.45, 7) is 0. The van der Waals surface area contributed by atoms with Crippen LogP contribution in [0, 0.1) is 0 Å². The van der Waals surface area contributed by atoms with E-state index in [2.05, 4.69) is 217 Å². The van der Waals surface area contributed by atoms with Gasteiger partial charge >= 0.3 is 0 Å². The summed E-state index contributed by atoms with van der Waals surface area (Å²) in [4.78, 5) is 0. The smallest absolute Gasteiger partial charge is 0.0646 e. The van der Waals surface area contributed by atoms with Crippen molar-refractivity contribution in [3.63, 3.8) is 0 Å². The van der Waals surface area contributed by atoms with Crippen LogP contribution in [-0.2, 0) is 0 Å². The molecule has 0 fully saturated rings. The Bertz CT molecular complexity index is 3180. The lowest BCUT2D eigenvalue weighted by molar-refractivity contribution is 1.18. The van der Waals surface area contributed by atoms with Gasteiger partial charge in [-0.2, -0.15) is 0 Å². The molecule has 8 aromatic carbocycles. The largest absolute Gasteiger partial charge is 0.309 e. The van der Waals surface area contributed by atoms with Crippen LogP contribution in [0.2, 0.25) is 0 Å². The molecule has 3 heterocycles. The SMILES string of the molecule is In1c2ccccc2c2ccc(-c3ccc4c5cc(-c6ccc7c(c6)c6ccccc6n7-c6ccccc6)ccc5n(-c5ccccc5)c4c3)cc21. The Labute approximate surface area is 314 Å². The molecule has 3 nitrogen and oxygen atoms in total. The first kappa shape index (κ1) is 29.6. The van der Waals surface area contributed by atoms with Crippen LogP contribution in [0.5, 0.6) is 0 Å². The van der Waals surface area contributed by atoms with Crippen molar-refractivity contribution in [3.05, 3.63) is 182 Å². The zero-order chi connectivity index (χ0) is 34.3. The highest BCUT2D eigenvalue weighted by Gasteiger charge is 2.17. The fourth-order valence-corrected chi connectivity index (χ4v) is 9.17. The van der Waals surface area contributed by atoms with Crippen molar-refractivity contribution in [2.24, 2.45) is 0 Å². The number of aromatic nitrogens is 3. The average molecular weight is 776 g/mol. The molecular formula is C48H30IN3. The molecule has 0 saturated heterocycles. The van der Waals surface area contributed by atoms with Gasteiger partial charge in [-0.05, 0) is 95.1 Å². The van der Waals surface area contributed by atoms with Gasteiger partial charge in [0.25, 0.3) is 0 Å². The van der Waals surface area contributed by atoms with E-state index in [4.69, 9.17) is 0 Å².